The first-order chi connectivity index (χ1) is 7.95. The van der Waals surface area contributed by atoms with Crippen molar-refractivity contribution >= 4 is 17.6 Å². The Morgan fingerprint density at radius 1 is 1.59 bits per heavy atom. The molecule has 17 heavy (non-hydrogen) atoms. The predicted octanol–water partition coefficient (Wildman–Crippen LogP) is 0.214. The van der Waals surface area contributed by atoms with E-state index in [1.165, 1.54) is 14.0 Å². The number of ether oxygens (including phenoxy) is 1. The minimum atomic E-state index is -0.824. The monoisotopic (exact) mass is 241 g/mol. The Morgan fingerprint density at radius 2 is 2.24 bits per heavy atom. The number of nitrogens with one attached hydrogen (secondary N) is 2. The number of amides is 1. The highest BCUT2D eigenvalue weighted by atomic mass is 16.6. The number of hydrogen-bond acceptors (Lipinski definition) is 5. The van der Waals surface area contributed by atoms with E-state index in [0.29, 0.717) is 0 Å². The number of H-pyrrole nitrogens is 1. The molecule has 0 aliphatic rings. The lowest BCUT2D eigenvalue weighted by molar-refractivity contribution is -0.384. The Kier molecular flexibility index (Phi) is 3.81. The molecule has 0 spiro atoms. The van der Waals surface area contributed by atoms with Crippen LogP contribution >= 0.6 is 0 Å². The molecule has 0 fully saturated rings. The second-order valence-electron chi connectivity index (χ2n) is 3.25. The van der Waals surface area contributed by atoms with Gasteiger partial charge in [-0.25, -0.2) is 4.79 Å². The van der Waals surface area contributed by atoms with E-state index in [9.17, 15) is 19.7 Å². The number of esters is 1. The molecule has 0 saturated heterocycles. The molecule has 1 unspecified atom stereocenters. The number of carbonyl (C=O) groups is 2. The van der Waals surface area contributed by atoms with Crippen LogP contribution in [0.2, 0.25) is 0 Å². The first kappa shape index (κ1) is 12.7. The second kappa shape index (κ2) is 5.10. The fourth-order valence-electron chi connectivity index (χ4n) is 1.13. The number of nitro groups is 1. The van der Waals surface area contributed by atoms with Gasteiger partial charge in [0, 0.05) is 6.07 Å². The summed E-state index contributed by atoms with van der Waals surface area (Å²) in [7, 11) is 1.20. The molecule has 1 atom stereocenters. The highest BCUT2D eigenvalue weighted by Gasteiger charge is 2.19. The first-order valence-corrected chi connectivity index (χ1v) is 4.67. The fraction of sp³-hybridized carbons (Fsp3) is 0.333. The van der Waals surface area contributed by atoms with Gasteiger partial charge >= 0.3 is 5.97 Å². The van der Waals surface area contributed by atoms with Crippen LogP contribution in [0.4, 0.5) is 5.69 Å². The number of carbonyl (C=O) groups excluding carboxylic acids is 2. The molecule has 0 aliphatic carbocycles. The first-order valence-electron chi connectivity index (χ1n) is 4.67. The van der Waals surface area contributed by atoms with Gasteiger partial charge in [-0.3, -0.25) is 14.9 Å². The molecule has 2 N–H and O–H groups in total. The highest BCUT2D eigenvalue weighted by Crippen LogP contribution is 2.11. The van der Waals surface area contributed by atoms with Crippen molar-refractivity contribution < 1.29 is 19.2 Å². The van der Waals surface area contributed by atoms with Crippen LogP contribution in [0.25, 0.3) is 0 Å². The van der Waals surface area contributed by atoms with E-state index in [0.717, 1.165) is 12.3 Å². The largest absolute Gasteiger partial charge is 0.467 e. The summed E-state index contributed by atoms with van der Waals surface area (Å²) in [6.07, 6.45) is 1.09. The van der Waals surface area contributed by atoms with Gasteiger partial charge in [0.1, 0.15) is 11.7 Å². The maximum Gasteiger partial charge on any atom is 0.328 e. The molecule has 0 aromatic carbocycles. The molecule has 92 valence electrons. The number of rotatable bonds is 4. The van der Waals surface area contributed by atoms with Crippen molar-refractivity contribution in [3.63, 3.8) is 0 Å². The van der Waals surface area contributed by atoms with E-state index in [4.69, 9.17) is 0 Å². The summed E-state index contributed by atoms with van der Waals surface area (Å²) in [6, 6.07) is 0.258. The Morgan fingerprint density at radius 3 is 2.71 bits per heavy atom. The average Bonchev–Trinajstić information content (AvgIpc) is 2.77. The van der Waals surface area contributed by atoms with Crippen LogP contribution in [0.5, 0.6) is 0 Å². The lowest BCUT2D eigenvalue weighted by atomic mass is 10.3. The van der Waals surface area contributed by atoms with Crippen LogP contribution in [0.1, 0.15) is 17.4 Å². The van der Waals surface area contributed by atoms with Crippen molar-refractivity contribution in [1.29, 1.82) is 0 Å². The number of methoxy groups -OCH3 is 1. The molecular formula is C9H11N3O5. The number of aromatic amines is 1. The molecule has 1 heterocycles. The van der Waals surface area contributed by atoms with Gasteiger partial charge in [0.25, 0.3) is 11.6 Å². The van der Waals surface area contributed by atoms with Crippen molar-refractivity contribution in [3.8, 4) is 0 Å². The summed E-state index contributed by atoms with van der Waals surface area (Å²) in [5.74, 6) is -1.21. The summed E-state index contributed by atoms with van der Waals surface area (Å²) >= 11 is 0. The summed E-state index contributed by atoms with van der Waals surface area (Å²) in [5.41, 5.74) is -0.215. The van der Waals surface area contributed by atoms with Gasteiger partial charge in [-0.2, -0.15) is 0 Å². The predicted molar refractivity (Wildman–Crippen MR) is 56.4 cm³/mol. The van der Waals surface area contributed by atoms with E-state index in [-0.39, 0.29) is 11.4 Å². The Hall–Kier alpha value is -2.38. The maximum atomic E-state index is 11.5. The van der Waals surface area contributed by atoms with Gasteiger partial charge in [-0.1, -0.05) is 0 Å². The van der Waals surface area contributed by atoms with Crippen molar-refractivity contribution in [2.45, 2.75) is 13.0 Å². The Labute approximate surface area is 96.1 Å². The van der Waals surface area contributed by atoms with Gasteiger partial charge in [-0.15, -0.1) is 0 Å². The van der Waals surface area contributed by atoms with Crippen LogP contribution < -0.4 is 5.32 Å². The zero-order valence-electron chi connectivity index (χ0n) is 9.22. The third-order valence-corrected chi connectivity index (χ3v) is 2.03. The molecule has 0 saturated carbocycles. The number of hydrogen-bond donors (Lipinski definition) is 2. The van der Waals surface area contributed by atoms with Crippen LogP contribution in [-0.2, 0) is 9.53 Å². The van der Waals surface area contributed by atoms with Crippen molar-refractivity contribution in [3.05, 3.63) is 28.1 Å². The third kappa shape index (κ3) is 3.03. The third-order valence-electron chi connectivity index (χ3n) is 2.03. The SMILES string of the molecule is COC(=O)C(C)NC(=O)c1cc([N+](=O)[O-])c[nH]1. The summed E-state index contributed by atoms with van der Waals surface area (Å²) < 4.78 is 4.42. The number of aromatic nitrogens is 1. The second-order valence-corrected chi connectivity index (χ2v) is 3.25. The van der Waals surface area contributed by atoms with E-state index >= 15 is 0 Å². The minimum absolute atomic E-state index is 0.00690. The van der Waals surface area contributed by atoms with Crippen molar-refractivity contribution in [1.82, 2.24) is 10.3 Å². The van der Waals surface area contributed by atoms with Crippen molar-refractivity contribution in [2.75, 3.05) is 7.11 Å². The summed E-state index contributed by atoms with van der Waals surface area (Å²) in [5, 5.41) is 12.7. The van der Waals surface area contributed by atoms with E-state index in [1.807, 2.05) is 0 Å². The normalized spacial score (nSPS) is 11.6. The summed E-state index contributed by atoms with van der Waals surface area (Å²) in [4.78, 5) is 34.8. The molecular weight excluding hydrogens is 230 g/mol. The zero-order chi connectivity index (χ0) is 13.0. The van der Waals surface area contributed by atoms with Crippen LogP contribution in [0.3, 0.4) is 0 Å². The van der Waals surface area contributed by atoms with E-state index in [1.54, 1.807) is 0 Å². The molecule has 1 aromatic heterocycles. The standard InChI is InChI=1S/C9H11N3O5/c1-5(9(14)17-2)11-8(13)7-3-6(4-10-7)12(15)16/h3-5,10H,1-2H3,(H,11,13). The smallest absolute Gasteiger partial charge is 0.328 e. The molecule has 1 rings (SSSR count). The van der Waals surface area contributed by atoms with Gasteiger partial charge in [-0.05, 0) is 6.92 Å². The molecule has 0 aliphatic heterocycles. The lowest BCUT2D eigenvalue weighted by Crippen LogP contribution is -2.39. The van der Waals surface area contributed by atoms with Crippen LogP contribution in [-0.4, -0.2) is 34.9 Å². The molecule has 8 heteroatoms. The van der Waals surface area contributed by atoms with Gasteiger partial charge in [0.05, 0.1) is 18.2 Å². The Bertz CT molecular complexity index is 453. The molecule has 0 radical (unpaired) electrons. The average molecular weight is 241 g/mol. The molecule has 8 nitrogen and oxygen atoms in total. The number of nitrogens with zero attached hydrogens (tertiary/aromatic N) is 1. The van der Waals surface area contributed by atoms with Crippen molar-refractivity contribution in [2.24, 2.45) is 0 Å². The fourth-order valence-corrected chi connectivity index (χ4v) is 1.13. The van der Waals surface area contributed by atoms with E-state index in [2.05, 4.69) is 15.0 Å². The zero-order valence-corrected chi connectivity index (χ0v) is 9.22. The van der Waals surface area contributed by atoms with Crippen LogP contribution in [0.15, 0.2) is 12.3 Å². The Balaban J connectivity index is 2.70. The minimum Gasteiger partial charge on any atom is -0.467 e. The molecule has 0 bridgehead atoms. The van der Waals surface area contributed by atoms with Gasteiger partial charge < -0.3 is 15.0 Å². The van der Waals surface area contributed by atoms with Gasteiger partial charge in [0.2, 0.25) is 0 Å². The topological polar surface area (TPSA) is 114 Å². The molecule has 1 aromatic rings. The highest BCUT2D eigenvalue weighted by molar-refractivity contribution is 5.95. The quantitative estimate of drug-likeness (QED) is 0.444. The molecule has 1 amide bonds. The van der Waals surface area contributed by atoms with Crippen LogP contribution in [0, 0.1) is 10.1 Å². The summed E-state index contributed by atoms with van der Waals surface area (Å²) in [6.45, 7) is 1.45. The lowest BCUT2D eigenvalue weighted by Gasteiger charge is -2.10. The van der Waals surface area contributed by atoms with E-state index < -0.39 is 22.8 Å². The van der Waals surface area contributed by atoms with Gasteiger partial charge in [0.15, 0.2) is 0 Å². The maximum absolute atomic E-state index is 11.5.